The van der Waals surface area contributed by atoms with Crippen molar-refractivity contribution in [3.8, 4) is 0 Å². The minimum atomic E-state index is -0.559. The van der Waals surface area contributed by atoms with Crippen LogP contribution in [0.2, 0.25) is 0 Å². The molecule has 2 atom stereocenters. The van der Waals surface area contributed by atoms with Gasteiger partial charge in [-0.1, -0.05) is 0 Å². The Hall–Kier alpha value is -2.12. The fourth-order valence-corrected chi connectivity index (χ4v) is 3.55. The molecule has 3 heterocycles. The van der Waals surface area contributed by atoms with Crippen molar-refractivity contribution in [2.45, 2.75) is 64.1 Å². The van der Waals surface area contributed by atoms with Crippen LogP contribution in [0, 0.1) is 0 Å². The average Bonchev–Trinajstić information content (AvgIpc) is 3.24. The van der Waals surface area contributed by atoms with Crippen molar-refractivity contribution in [3.63, 3.8) is 0 Å². The first-order valence-electron chi connectivity index (χ1n) is 8.98. The molecular weight excluding hydrogens is 322 g/mol. The number of rotatable bonds is 2. The summed E-state index contributed by atoms with van der Waals surface area (Å²) in [6.07, 6.45) is 6.25. The molecule has 0 spiro atoms. The van der Waals surface area contributed by atoms with Crippen molar-refractivity contribution in [1.29, 1.82) is 0 Å². The van der Waals surface area contributed by atoms with Crippen LogP contribution in [-0.4, -0.2) is 67.8 Å². The zero-order valence-corrected chi connectivity index (χ0v) is 15.2. The van der Waals surface area contributed by atoms with Crippen LogP contribution in [0.3, 0.4) is 0 Å². The monoisotopic (exact) mass is 349 g/mol. The van der Waals surface area contributed by atoms with E-state index in [9.17, 15) is 9.59 Å². The molecule has 0 N–H and O–H groups in total. The van der Waals surface area contributed by atoms with E-state index in [0.717, 1.165) is 25.8 Å². The van der Waals surface area contributed by atoms with Crippen LogP contribution in [0.5, 0.6) is 0 Å². The normalized spacial score (nSPS) is 24.4. The standard InChI is InChI=1S/C17H27N5O3/c1-17(2,3)25-16(24)21-9-5-7-14(21)15(23)20-8-4-6-13(10-20)22-12-18-11-19-22/h11-14H,4-10H2,1-3H3/t13-,14-/m1/s1. The molecule has 2 amide bonds. The number of amides is 2. The third-order valence-corrected chi connectivity index (χ3v) is 4.68. The summed E-state index contributed by atoms with van der Waals surface area (Å²) < 4.78 is 7.28. The van der Waals surface area contributed by atoms with Crippen LogP contribution in [0.15, 0.2) is 12.7 Å². The molecule has 1 aromatic heterocycles. The second-order valence-electron chi connectivity index (χ2n) is 7.79. The lowest BCUT2D eigenvalue weighted by Crippen LogP contribution is -2.51. The van der Waals surface area contributed by atoms with Crippen molar-refractivity contribution in [3.05, 3.63) is 12.7 Å². The summed E-state index contributed by atoms with van der Waals surface area (Å²) in [7, 11) is 0. The Morgan fingerprint density at radius 3 is 2.60 bits per heavy atom. The van der Waals surface area contributed by atoms with Gasteiger partial charge < -0.3 is 9.64 Å². The van der Waals surface area contributed by atoms with Crippen LogP contribution in [0.1, 0.15) is 52.5 Å². The summed E-state index contributed by atoms with van der Waals surface area (Å²) in [6.45, 7) is 7.43. The number of nitrogens with zero attached hydrogens (tertiary/aromatic N) is 5. The van der Waals surface area contributed by atoms with Crippen molar-refractivity contribution < 1.29 is 14.3 Å². The lowest BCUT2D eigenvalue weighted by molar-refractivity contribution is -0.137. The van der Waals surface area contributed by atoms with Crippen molar-refractivity contribution in [1.82, 2.24) is 24.6 Å². The van der Waals surface area contributed by atoms with Gasteiger partial charge in [-0.25, -0.2) is 14.5 Å². The maximum Gasteiger partial charge on any atom is 0.410 e. The Labute approximate surface area is 148 Å². The van der Waals surface area contributed by atoms with E-state index < -0.39 is 17.7 Å². The van der Waals surface area contributed by atoms with Crippen LogP contribution in [-0.2, 0) is 9.53 Å². The van der Waals surface area contributed by atoms with E-state index in [1.807, 2.05) is 30.4 Å². The van der Waals surface area contributed by atoms with Gasteiger partial charge in [0.2, 0.25) is 5.91 Å². The number of carbonyl (C=O) groups excluding carboxylic acids is 2. The van der Waals surface area contributed by atoms with Crippen LogP contribution < -0.4 is 0 Å². The molecule has 0 aliphatic carbocycles. The Bertz CT molecular complexity index is 610. The number of aromatic nitrogens is 3. The van der Waals surface area contributed by atoms with Crippen molar-refractivity contribution in [2.75, 3.05) is 19.6 Å². The first kappa shape index (κ1) is 17.7. The molecule has 0 aromatic carbocycles. The van der Waals surface area contributed by atoms with E-state index in [1.165, 1.54) is 6.33 Å². The average molecular weight is 349 g/mol. The second-order valence-corrected chi connectivity index (χ2v) is 7.79. The topological polar surface area (TPSA) is 80.6 Å². The quantitative estimate of drug-likeness (QED) is 0.814. The maximum absolute atomic E-state index is 13.0. The molecule has 2 aliphatic rings. The minimum absolute atomic E-state index is 0.0215. The lowest BCUT2D eigenvalue weighted by atomic mass is 10.0. The SMILES string of the molecule is CC(C)(C)OC(=O)N1CCC[C@@H]1C(=O)N1CCC[C@@H](n2cncn2)C1. The number of hydrogen-bond donors (Lipinski definition) is 0. The molecule has 0 bridgehead atoms. The highest BCUT2D eigenvalue weighted by Gasteiger charge is 2.39. The molecule has 8 heteroatoms. The van der Waals surface area contributed by atoms with Gasteiger partial charge in [0.15, 0.2) is 0 Å². The molecule has 138 valence electrons. The van der Waals surface area contributed by atoms with Gasteiger partial charge in [0.05, 0.1) is 6.04 Å². The number of ether oxygens (including phenoxy) is 1. The summed E-state index contributed by atoms with van der Waals surface area (Å²) in [5, 5.41) is 4.20. The summed E-state index contributed by atoms with van der Waals surface area (Å²) >= 11 is 0. The third kappa shape index (κ3) is 4.11. The van der Waals surface area contributed by atoms with E-state index in [-0.39, 0.29) is 11.9 Å². The predicted octanol–water partition coefficient (Wildman–Crippen LogP) is 1.84. The Morgan fingerprint density at radius 2 is 1.92 bits per heavy atom. The molecule has 0 saturated carbocycles. The van der Waals surface area contributed by atoms with Gasteiger partial charge in [-0.05, 0) is 46.5 Å². The molecule has 2 saturated heterocycles. The molecule has 2 fully saturated rings. The molecule has 2 aliphatic heterocycles. The molecule has 8 nitrogen and oxygen atoms in total. The van der Waals surface area contributed by atoms with E-state index in [1.54, 1.807) is 11.2 Å². The van der Waals surface area contributed by atoms with Gasteiger partial charge in [0, 0.05) is 19.6 Å². The second kappa shape index (κ2) is 7.01. The molecule has 0 radical (unpaired) electrons. The van der Waals surface area contributed by atoms with E-state index in [4.69, 9.17) is 4.74 Å². The summed E-state index contributed by atoms with van der Waals surface area (Å²) in [4.78, 5) is 32.9. The molecule has 0 unspecified atom stereocenters. The first-order chi connectivity index (χ1) is 11.8. The van der Waals surface area contributed by atoms with Gasteiger partial charge in [0.25, 0.3) is 0 Å². The van der Waals surface area contributed by atoms with E-state index in [2.05, 4.69) is 10.1 Å². The summed E-state index contributed by atoms with van der Waals surface area (Å²) in [5.41, 5.74) is -0.559. The van der Waals surface area contributed by atoms with E-state index >= 15 is 0 Å². The predicted molar refractivity (Wildman–Crippen MR) is 90.8 cm³/mol. The summed E-state index contributed by atoms with van der Waals surface area (Å²) in [5.74, 6) is 0.0215. The molecule has 1 aromatic rings. The minimum Gasteiger partial charge on any atom is -0.444 e. The van der Waals surface area contributed by atoms with Crippen molar-refractivity contribution >= 4 is 12.0 Å². The van der Waals surface area contributed by atoms with Crippen LogP contribution in [0.25, 0.3) is 0 Å². The van der Waals surface area contributed by atoms with Crippen LogP contribution in [0.4, 0.5) is 4.79 Å². The van der Waals surface area contributed by atoms with Gasteiger partial charge in [-0.15, -0.1) is 0 Å². The zero-order valence-electron chi connectivity index (χ0n) is 15.2. The maximum atomic E-state index is 13.0. The fraction of sp³-hybridized carbons (Fsp3) is 0.765. The van der Waals surface area contributed by atoms with Gasteiger partial charge in [0.1, 0.15) is 24.3 Å². The van der Waals surface area contributed by atoms with Gasteiger partial charge in [-0.3, -0.25) is 9.69 Å². The fourth-order valence-electron chi connectivity index (χ4n) is 3.55. The highest BCUT2D eigenvalue weighted by atomic mass is 16.6. The lowest BCUT2D eigenvalue weighted by Gasteiger charge is -2.36. The highest BCUT2D eigenvalue weighted by molar-refractivity contribution is 5.86. The Balaban J connectivity index is 1.65. The Morgan fingerprint density at radius 1 is 1.16 bits per heavy atom. The number of hydrogen-bond acceptors (Lipinski definition) is 5. The van der Waals surface area contributed by atoms with Crippen LogP contribution >= 0.6 is 0 Å². The number of carbonyl (C=O) groups is 2. The molecule has 25 heavy (non-hydrogen) atoms. The molecular formula is C17H27N5O3. The zero-order chi connectivity index (χ0) is 18.0. The number of piperidine rings is 1. The first-order valence-corrected chi connectivity index (χ1v) is 8.98. The third-order valence-electron chi connectivity index (χ3n) is 4.68. The van der Waals surface area contributed by atoms with Gasteiger partial charge >= 0.3 is 6.09 Å². The Kier molecular flexibility index (Phi) is 4.96. The summed E-state index contributed by atoms with van der Waals surface area (Å²) in [6, 6.07) is -0.263. The van der Waals surface area contributed by atoms with E-state index in [0.29, 0.717) is 19.5 Å². The van der Waals surface area contributed by atoms with Crippen molar-refractivity contribution in [2.24, 2.45) is 0 Å². The van der Waals surface area contributed by atoms with Gasteiger partial charge in [-0.2, -0.15) is 5.10 Å². The molecule has 3 rings (SSSR count). The smallest absolute Gasteiger partial charge is 0.410 e. The highest BCUT2D eigenvalue weighted by Crippen LogP contribution is 2.26. The largest absolute Gasteiger partial charge is 0.444 e. The number of likely N-dealkylation sites (tertiary alicyclic amines) is 2.